The highest BCUT2D eigenvalue weighted by Gasteiger charge is 2.63. The van der Waals surface area contributed by atoms with Crippen LogP contribution in [0, 0.1) is 11.3 Å². The van der Waals surface area contributed by atoms with Crippen molar-refractivity contribution in [3.05, 3.63) is 12.2 Å². The molecule has 0 amide bonds. The fraction of sp³-hybridized carbons (Fsp3) is 0.786. The summed E-state index contributed by atoms with van der Waals surface area (Å²) in [5, 5.41) is 0. The molecule has 17 heavy (non-hydrogen) atoms. The van der Waals surface area contributed by atoms with E-state index in [0.29, 0.717) is 12.7 Å². The molecule has 1 aliphatic heterocycles. The number of esters is 1. The first-order valence-corrected chi connectivity index (χ1v) is 6.43. The van der Waals surface area contributed by atoms with Crippen LogP contribution in [-0.2, 0) is 14.3 Å². The Morgan fingerprint density at radius 1 is 1.47 bits per heavy atom. The van der Waals surface area contributed by atoms with E-state index in [0.717, 1.165) is 12.8 Å². The lowest BCUT2D eigenvalue weighted by Crippen LogP contribution is -2.39. The molecule has 0 spiro atoms. The SMILES string of the molecule is CCOC(=O)/C=C/[C@@H]1C(C)(C)CC[C@H]2O[C@@]12C. The Bertz CT molecular complexity index is 341. The predicted octanol–water partition coefficient (Wildman–Crippen LogP) is 2.70. The van der Waals surface area contributed by atoms with Gasteiger partial charge in [-0.2, -0.15) is 0 Å². The number of carbonyl (C=O) groups is 1. The van der Waals surface area contributed by atoms with Crippen LogP contribution in [0.1, 0.15) is 40.5 Å². The van der Waals surface area contributed by atoms with Gasteiger partial charge in [-0.1, -0.05) is 19.9 Å². The normalized spacial score (nSPS) is 38.8. The second-order valence-electron chi connectivity index (χ2n) is 5.91. The lowest BCUT2D eigenvalue weighted by Gasteiger charge is -2.38. The van der Waals surface area contributed by atoms with Crippen molar-refractivity contribution >= 4 is 5.97 Å². The number of carbonyl (C=O) groups excluding carboxylic acids is 1. The van der Waals surface area contributed by atoms with Gasteiger partial charge in [0.1, 0.15) is 0 Å². The fourth-order valence-electron chi connectivity index (χ4n) is 3.14. The second kappa shape index (κ2) is 4.13. The van der Waals surface area contributed by atoms with Gasteiger partial charge in [-0.15, -0.1) is 0 Å². The van der Waals surface area contributed by atoms with Crippen LogP contribution in [0.3, 0.4) is 0 Å². The smallest absolute Gasteiger partial charge is 0.330 e. The van der Waals surface area contributed by atoms with Crippen molar-refractivity contribution in [3.8, 4) is 0 Å². The zero-order chi connectivity index (χ0) is 12.7. The highest BCUT2D eigenvalue weighted by molar-refractivity contribution is 5.81. The monoisotopic (exact) mass is 238 g/mol. The zero-order valence-electron chi connectivity index (χ0n) is 11.2. The number of epoxide rings is 1. The Morgan fingerprint density at radius 3 is 2.82 bits per heavy atom. The molecule has 1 saturated heterocycles. The quantitative estimate of drug-likeness (QED) is 0.431. The number of rotatable bonds is 3. The third-order valence-corrected chi connectivity index (χ3v) is 4.20. The van der Waals surface area contributed by atoms with Gasteiger partial charge in [0.05, 0.1) is 18.3 Å². The molecule has 0 aromatic carbocycles. The fourth-order valence-corrected chi connectivity index (χ4v) is 3.14. The molecular formula is C14H22O3. The first-order valence-electron chi connectivity index (χ1n) is 6.43. The molecule has 0 bridgehead atoms. The van der Waals surface area contributed by atoms with Gasteiger partial charge in [0.25, 0.3) is 0 Å². The Hall–Kier alpha value is -0.830. The maximum Gasteiger partial charge on any atom is 0.330 e. The van der Waals surface area contributed by atoms with Crippen molar-refractivity contribution in [1.82, 2.24) is 0 Å². The van der Waals surface area contributed by atoms with Gasteiger partial charge in [0.2, 0.25) is 0 Å². The van der Waals surface area contributed by atoms with E-state index < -0.39 is 0 Å². The number of hydrogen-bond donors (Lipinski definition) is 0. The van der Waals surface area contributed by atoms with Crippen molar-refractivity contribution in [2.24, 2.45) is 11.3 Å². The van der Waals surface area contributed by atoms with E-state index in [1.54, 1.807) is 6.08 Å². The molecule has 0 N–H and O–H groups in total. The summed E-state index contributed by atoms with van der Waals surface area (Å²) < 4.78 is 10.7. The van der Waals surface area contributed by atoms with Crippen LogP contribution in [-0.4, -0.2) is 24.3 Å². The molecule has 1 aliphatic carbocycles. The predicted molar refractivity (Wildman–Crippen MR) is 65.6 cm³/mol. The minimum absolute atomic E-state index is 0.0647. The van der Waals surface area contributed by atoms with Crippen LogP contribution in [0.5, 0.6) is 0 Å². The Kier molecular flexibility index (Phi) is 3.06. The summed E-state index contributed by atoms with van der Waals surface area (Å²) in [6.07, 6.45) is 6.20. The largest absolute Gasteiger partial charge is 0.463 e. The summed E-state index contributed by atoms with van der Waals surface area (Å²) in [4.78, 5) is 11.4. The summed E-state index contributed by atoms with van der Waals surface area (Å²) in [5.74, 6) is 0.0350. The first-order chi connectivity index (χ1) is 7.90. The van der Waals surface area contributed by atoms with Crippen LogP contribution in [0.4, 0.5) is 0 Å². The number of ether oxygens (including phenoxy) is 2. The standard InChI is InChI=1S/C14H22O3/c1-5-16-12(15)7-6-10-13(2,3)9-8-11-14(10,4)17-11/h6-7,10-11H,5,8-9H2,1-4H3/b7-6+/t10-,11-,14+/m1/s1. The molecule has 0 aromatic rings. The summed E-state index contributed by atoms with van der Waals surface area (Å²) >= 11 is 0. The van der Waals surface area contributed by atoms with E-state index in [1.807, 2.05) is 13.0 Å². The van der Waals surface area contributed by atoms with Gasteiger partial charge in [0.15, 0.2) is 0 Å². The lowest BCUT2D eigenvalue weighted by molar-refractivity contribution is -0.137. The second-order valence-corrected chi connectivity index (χ2v) is 5.91. The molecular weight excluding hydrogens is 216 g/mol. The molecule has 3 heteroatoms. The van der Waals surface area contributed by atoms with Crippen molar-refractivity contribution in [2.45, 2.75) is 52.2 Å². The minimum atomic E-state index is -0.255. The number of hydrogen-bond acceptors (Lipinski definition) is 3. The average Bonchev–Trinajstić information content (AvgIpc) is 2.88. The van der Waals surface area contributed by atoms with Gasteiger partial charge in [-0.3, -0.25) is 0 Å². The van der Waals surface area contributed by atoms with E-state index in [2.05, 4.69) is 20.8 Å². The van der Waals surface area contributed by atoms with Gasteiger partial charge in [-0.25, -0.2) is 4.79 Å². The highest BCUT2D eigenvalue weighted by Crippen LogP contribution is 2.58. The summed E-state index contributed by atoms with van der Waals surface area (Å²) in [6.45, 7) is 8.89. The Morgan fingerprint density at radius 2 is 2.18 bits per heavy atom. The molecule has 1 heterocycles. The van der Waals surface area contributed by atoms with Crippen molar-refractivity contribution in [3.63, 3.8) is 0 Å². The van der Waals surface area contributed by atoms with E-state index in [9.17, 15) is 4.79 Å². The van der Waals surface area contributed by atoms with Gasteiger partial charge < -0.3 is 9.47 Å². The van der Waals surface area contributed by atoms with E-state index >= 15 is 0 Å². The molecule has 0 unspecified atom stereocenters. The van der Waals surface area contributed by atoms with Crippen molar-refractivity contribution in [1.29, 1.82) is 0 Å². The molecule has 2 aliphatic rings. The number of fused-ring (bicyclic) bond motifs is 1. The van der Waals surface area contributed by atoms with Crippen molar-refractivity contribution in [2.75, 3.05) is 6.61 Å². The van der Waals surface area contributed by atoms with Crippen LogP contribution < -0.4 is 0 Å². The minimum Gasteiger partial charge on any atom is -0.463 e. The topological polar surface area (TPSA) is 38.8 Å². The van der Waals surface area contributed by atoms with E-state index in [-0.39, 0.29) is 22.9 Å². The van der Waals surface area contributed by atoms with Crippen LogP contribution >= 0.6 is 0 Å². The maximum absolute atomic E-state index is 11.4. The van der Waals surface area contributed by atoms with Gasteiger partial charge in [0, 0.05) is 12.0 Å². The summed E-state index contributed by atoms with van der Waals surface area (Å²) in [7, 11) is 0. The van der Waals surface area contributed by atoms with Crippen LogP contribution in [0.25, 0.3) is 0 Å². The van der Waals surface area contributed by atoms with E-state index in [1.165, 1.54) is 0 Å². The van der Waals surface area contributed by atoms with Crippen LogP contribution in [0.2, 0.25) is 0 Å². The molecule has 0 radical (unpaired) electrons. The van der Waals surface area contributed by atoms with Gasteiger partial charge in [-0.05, 0) is 32.1 Å². The highest BCUT2D eigenvalue weighted by atomic mass is 16.6. The van der Waals surface area contributed by atoms with Crippen molar-refractivity contribution < 1.29 is 14.3 Å². The van der Waals surface area contributed by atoms with E-state index in [4.69, 9.17) is 9.47 Å². The Labute approximate surface area is 103 Å². The molecule has 3 atom stereocenters. The molecule has 3 nitrogen and oxygen atoms in total. The third-order valence-electron chi connectivity index (χ3n) is 4.20. The third kappa shape index (κ3) is 2.25. The molecule has 96 valence electrons. The maximum atomic E-state index is 11.4. The van der Waals surface area contributed by atoms with Gasteiger partial charge >= 0.3 is 5.97 Å². The molecule has 2 fully saturated rings. The molecule has 2 rings (SSSR count). The zero-order valence-corrected chi connectivity index (χ0v) is 11.2. The van der Waals surface area contributed by atoms with Crippen LogP contribution in [0.15, 0.2) is 12.2 Å². The molecule has 0 aromatic heterocycles. The first kappa shape index (κ1) is 12.6. The summed E-state index contributed by atoms with van der Waals surface area (Å²) in [6, 6.07) is 0. The average molecular weight is 238 g/mol. The lowest BCUT2D eigenvalue weighted by atomic mass is 9.64. The summed E-state index contributed by atoms with van der Waals surface area (Å²) in [5.41, 5.74) is 0.121. The Balaban J connectivity index is 2.09. The molecule has 1 saturated carbocycles.